The molecule has 0 unspecified atom stereocenters. The zero-order valence-electron chi connectivity index (χ0n) is 13.0. The number of aromatic hydroxyl groups is 2. The molecule has 0 saturated carbocycles. The van der Waals surface area contributed by atoms with Crippen LogP contribution in [0.3, 0.4) is 0 Å². The fourth-order valence-electron chi connectivity index (χ4n) is 2.76. The quantitative estimate of drug-likeness (QED) is 0.590. The third-order valence-corrected chi connectivity index (χ3v) is 4.11. The monoisotopic (exact) mass is 317 g/mol. The first kappa shape index (κ1) is 14.3. The average molecular weight is 317 g/mol. The smallest absolute Gasteiger partial charge is 0.156 e. The van der Waals surface area contributed by atoms with Gasteiger partial charge in [-0.25, -0.2) is 9.50 Å². The molecule has 2 heterocycles. The summed E-state index contributed by atoms with van der Waals surface area (Å²) >= 11 is 0. The van der Waals surface area contributed by atoms with Gasteiger partial charge in [0.05, 0.1) is 17.6 Å². The molecule has 0 aliphatic heterocycles. The molecule has 2 aromatic carbocycles. The van der Waals surface area contributed by atoms with Crippen LogP contribution in [-0.2, 0) is 0 Å². The van der Waals surface area contributed by atoms with E-state index in [0.29, 0.717) is 22.5 Å². The lowest BCUT2D eigenvalue weighted by atomic mass is 10.0. The Morgan fingerprint density at radius 2 is 1.75 bits per heavy atom. The van der Waals surface area contributed by atoms with Gasteiger partial charge in [-0.15, -0.1) is 0 Å². The van der Waals surface area contributed by atoms with Crippen LogP contribution in [0.1, 0.15) is 5.56 Å². The van der Waals surface area contributed by atoms with Gasteiger partial charge in [0.1, 0.15) is 11.5 Å². The van der Waals surface area contributed by atoms with Crippen molar-refractivity contribution in [3.05, 3.63) is 66.4 Å². The SMILES string of the molecule is Cc1c(O)ccc(-c2cc(-c3ccccc3)nc3ccnn23)c1O. The summed E-state index contributed by atoms with van der Waals surface area (Å²) in [5, 5.41) is 24.6. The molecule has 4 aromatic rings. The molecule has 0 spiro atoms. The van der Waals surface area contributed by atoms with E-state index in [-0.39, 0.29) is 11.5 Å². The molecule has 2 aromatic heterocycles. The van der Waals surface area contributed by atoms with Gasteiger partial charge in [-0.2, -0.15) is 5.10 Å². The van der Waals surface area contributed by atoms with Crippen LogP contribution in [0.2, 0.25) is 0 Å². The van der Waals surface area contributed by atoms with E-state index in [2.05, 4.69) is 10.1 Å². The second-order valence-corrected chi connectivity index (χ2v) is 5.60. The molecule has 4 rings (SSSR count). The molecule has 0 radical (unpaired) electrons. The van der Waals surface area contributed by atoms with Crippen LogP contribution in [0.15, 0.2) is 60.8 Å². The largest absolute Gasteiger partial charge is 0.508 e. The number of phenolic OH excluding ortho intramolecular Hbond substituents is 2. The molecule has 0 atom stereocenters. The highest BCUT2D eigenvalue weighted by atomic mass is 16.3. The van der Waals surface area contributed by atoms with Crippen molar-refractivity contribution in [2.45, 2.75) is 6.92 Å². The van der Waals surface area contributed by atoms with E-state index in [1.54, 1.807) is 29.8 Å². The maximum Gasteiger partial charge on any atom is 0.156 e. The average Bonchev–Trinajstić information content (AvgIpc) is 3.09. The van der Waals surface area contributed by atoms with Crippen molar-refractivity contribution in [2.75, 3.05) is 0 Å². The van der Waals surface area contributed by atoms with Gasteiger partial charge in [-0.05, 0) is 25.1 Å². The molecular formula is C19H15N3O2. The number of benzene rings is 2. The Balaban J connectivity index is 2.02. The van der Waals surface area contributed by atoms with Gasteiger partial charge in [0.2, 0.25) is 0 Å². The maximum atomic E-state index is 10.5. The predicted molar refractivity (Wildman–Crippen MR) is 91.9 cm³/mol. The number of fused-ring (bicyclic) bond motifs is 1. The number of hydrogen-bond donors (Lipinski definition) is 2. The van der Waals surface area contributed by atoms with Crippen LogP contribution < -0.4 is 0 Å². The number of rotatable bonds is 2. The first-order chi connectivity index (χ1) is 11.6. The maximum absolute atomic E-state index is 10.5. The van der Waals surface area contributed by atoms with Crippen molar-refractivity contribution in [1.29, 1.82) is 0 Å². The normalized spacial score (nSPS) is 11.0. The van der Waals surface area contributed by atoms with Gasteiger partial charge in [-0.1, -0.05) is 30.3 Å². The zero-order valence-corrected chi connectivity index (χ0v) is 13.0. The third kappa shape index (κ3) is 2.18. The van der Waals surface area contributed by atoms with Crippen molar-refractivity contribution >= 4 is 5.65 Å². The topological polar surface area (TPSA) is 70.7 Å². The van der Waals surface area contributed by atoms with Crippen molar-refractivity contribution in [2.24, 2.45) is 0 Å². The minimum Gasteiger partial charge on any atom is -0.508 e. The molecule has 24 heavy (non-hydrogen) atoms. The molecule has 0 fully saturated rings. The van der Waals surface area contributed by atoms with Gasteiger partial charge in [0.15, 0.2) is 5.65 Å². The molecule has 118 valence electrons. The number of hydrogen-bond acceptors (Lipinski definition) is 4. The Hall–Kier alpha value is -3.34. The minimum atomic E-state index is 0.0389. The standard InChI is InChI=1S/C19H15N3O2/c1-12-17(23)8-7-14(19(12)24)16-11-15(13-5-3-2-4-6-13)21-18-9-10-20-22(16)18/h2-11,23-24H,1H3. The highest BCUT2D eigenvalue weighted by Gasteiger charge is 2.15. The van der Waals surface area contributed by atoms with Crippen LogP contribution in [0.25, 0.3) is 28.2 Å². The lowest BCUT2D eigenvalue weighted by Crippen LogP contribution is -1.99. The Labute approximate surface area is 138 Å². The molecule has 5 nitrogen and oxygen atoms in total. The predicted octanol–water partition coefficient (Wildman–Crippen LogP) is 3.78. The van der Waals surface area contributed by atoms with E-state index in [0.717, 1.165) is 11.3 Å². The zero-order chi connectivity index (χ0) is 16.7. The summed E-state index contributed by atoms with van der Waals surface area (Å²) < 4.78 is 1.68. The lowest BCUT2D eigenvalue weighted by molar-refractivity contribution is 0.444. The van der Waals surface area contributed by atoms with E-state index >= 15 is 0 Å². The van der Waals surface area contributed by atoms with E-state index in [1.807, 2.05) is 42.5 Å². The molecule has 0 aliphatic carbocycles. The van der Waals surface area contributed by atoms with Crippen molar-refractivity contribution < 1.29 is 10.2 Å². The first-order valence-corrected chi connectivity index (χ1v) is 7.57. The van der Waals surface area contributed by atoms with Gasteiger partial charge < -0.3 is 10.2 Å². The van der Waals surface area contributed by atoms with Crippen LogP contribution in [-0.4, -0.2) is 24.8 Å². The summed E-state index contributed by atoms with van der Waals surface area (Å²) in [6, 6.07) is 16.8. The van der Waals surface area contributed by atoms with Gasteiger partial charge in [0.25, 0.3) is 0 Å². The van der Waals surface area contributed by atoms with Crippen LogP contribution in [0.5, 0.6) is 11.5 Å². The fourth-order valence-corrected chi connectivity index (χ4v) is 2.76. The molecule has 0 bridgehead atoms. The first-order valence-electron chi connectivity index (χ1n) is 7.57. The Bertz CT molecular complexity index is 1040. The van der Waals surface area contributed by atoms with Crippen molar-refractivity contribution in [3.63, 3.8) is 0 Å². The summed E-state index contributed by atoms with van der Waals surface area (Å²) in [7, 11) is 0. The second kappa shape index (κ2) is 5.38. The number of aromatic nitrogens is 3. The summed E-state index contributed by atoms with van der Waals surface area (Å²) in [5.41, 5.74) is 4.21. The fraction of sp³-hybridized carbons (Fsp3) is 0.0526. The molecule has 0 saturated heterocycles. The van der Waals surface area contributed by atoms with Crippen molar-refractivity contribution in [3.8, 4) is 34.0 Å². The third-order valence-electron chi connectivity index (χ3n) is 4.11. The van der Waals surface area contributed by atoms with Gasteiger partial charge >= 0.3 is 0 Å². The van der Waals surface area contributed by atoms with Crippen molar-refractivity contribution in [1.82, 2.24) is 14.6 Å². The Morgan fingerprint density at radius 3 is 2.54 bits per heavy atom. The lowest BCUT2D eigenvalue weighted by Gasteiger charge is -2.12. The van der Waals surface area contributed by atoms with E-state index in [9.17, 15) is 10.2 Å². The van der Waals surface area contributed by atoms with E-state index < -0.39 is 0 Å². The molecule has 2 N–H and O–H groups in total. The van der Waals surface area contributed by atoms with E-state index in [1.165, 1.54) is 0 Å². The van der Waals surface area contributed by atoms with Gasteiger partial charge in [0, 0.05) is 22.8 Å². The summed E-state index contributed by atoms with van der Waals surface area (Å²) in [4.78, 5) is 4.63. The van der Waals surface area contributed by atoms with Crippen LogP contribution >= 0.6 is 0 Å². The second-order valence-electron chi connectivity index (χ2n) is 5.60. The summed E-state index contributed by atoms with van der Waals surface area (Å²) in [6.45, 7) is 1.67. The summed E-state index contributed by atoms with van der Waals surface area (Å²) in [6.07, 6.45) is 1.67. The summed E-state index contributed by atoms with van der Waals surface area (Å²) in [5.74, 6) is 0.0994. The van der Waals surface area contributed by atoms with Gasteiger partial charge in [-0.3, -0.25) is 0 Å². The molecule has 0 amide bonds. The van der Waals surface area contributed by atoms with Crippen LogP contribution in [0.4, 0.5) is 0 Å². The molecule has 0 aliphatic rings. The Morgan fingerprint density at radius 1 is 0.958 bits per heavy atom. The van der Waals surface area contributed by atoms with Crippen LogP contribution in [0, 0.1) is 6.92 Å². The highest BCUT2D eigenvalue weighted by Crippen LogP contribution is 2.37. The minimum absolute atomic E-state index is 0.0389. The molecular weight excluding hydrogens is 302 g/mol. The Kier molecular flexibility index (Phi) is 3.20. The number of nitrogens with zero attached hydrogens (tertiary/aromatic N) is 3. The van der Waals surface area contributed by atoms with E-state index in [4.69, 9.17) is 0 Å². The number of phenols is 2. The molecule has 5 heteroatoms. The highest BCUT2D eigenvalue weighted by molar-refractivity contribution is 5.76.